The molecule has 1 aliphatic heterocycles. The van der Waals surface area contributed by atoms with Crippen LogP contribution in [0.3, 0.4) is 0 Å². The number of aryl methyl sites for hydroxylation is 1. The van der Waals surface area contributed by atoms with Gasteiger partial charge >= 0.3 is 0 Å². The van der Waals surface area contributed by atoms with Crippen LogP contribution >= 0.6 is 0 Å². The van der Waals surface area contributed by atoms with Gasteiger partial charge < -0.3 is 15.0 Å². The summed E-state index contributed by atoms with van der Waals surface area (Å²) in [7, 11) is 1.63. The number of hydrogen-bond donors (Lipinski definition) is 1. The molecule has 1 heterocycles. The molecule has 1 saturated carbocycles. The predicted molar refractivity (Wildman–Crippen MR) is 82.8 cm³/mol. The fourth-order valence-electron chi connectivity index (χ4n) is 3.08. The monoisotopic (exact) mass is 288 g/mol. The standard InChI is InChI=1S/C17H24N2O2/c1-12-5-8-16(21-2)15(10-12)17(20)19(14-6-7-14)11-13-4-3-9-18-13/h5,8,10,13-14,18H,3-4,6-7,9,11H2,1-2H3. The summed E-state index contributed by atoms with van der Waals surface area (Å²) < 4.78 is 5.38. The highest BCUT2D eigenvalue weighted by Crippen LogP contribution is 2.31. The Bertz CT molecular complexity index is 520. The van der Waals surface area contributed by atoms with Gasteiger partial charge in [-0.2, -0.15) is 0 Å². The Hall–Kier alpha value is -1.55. The van der Waals surface area contributed by atoms with Gasteiger partial charge in [-0.25, -0.2) is 0 Å². The van der Waals surface area contributed by atoms with Crippen LogP contribution in [-0.4, -0.2) is 43.1 Å². The van der Waals surface area contributed by atoms with Crippen molar-refractivity contribution >= 4 is 5.91 Å². The number of carbonyl (C=O) groups excluding carboxylic acids is 1. The maximum absolute atomic E-state index is 13.0. The Balaban J connectivity index is 1.81. The lowest BCUT2D eigenvalue weighted by molar-refractivity contribution is 0.0725. The maximum atomic E-state index is 13.0. The van der Waals surface area contributed by atoms with Gasteiger partial charge in [0.2, 0.25) is 0 Å². The van der Waals surface area contributed by atoms with Gasteiger partial charge in [-0.3, -0.25) is 4.79 Å². The number of methoxy groups -OCH3 is 1. The van der Waals surface area contributed by atoms with Crippen LogP contribution in [0.4, 0.5) is 0 Å². The zero-order valence-electron chi connectivity index (χ0n) is 12.9. The summed E-state index contributed by atoms with van der Waals surface area (Å²) in [6.45, 7) is 3.90. The van der Waals surface area contributed by atoms with Crippen molar-refractivity contribution in [2.75, 3.05) is 20.2 Å². The highest BCUT2D eigenvalue weighted by atomic mass is 16.5. The van der Waals surface area contributed by atoms with E-state index in [9.17, 15) is 4.79 Å². The van der Waals surface area contributed by atoms with Gasteiger partial charge in [0.05, 0.1) is 12.7 Å². The van der Waals surface area contributed by atoms with Crippen molar-refractivity contribution in [2.24, 2.45) is 0 Å². The van der Waals surface area contributed by atoms with Crippen LogP contribution in [0.25, 0.3) is 0 Å². The molecule has 1 atom stereocenters. The molecule has 2 aliphatic rings. The summed E-state index contributed by atoms with van der Waals surface area (Å²) in [5, 5.41) is 3.49. The van der Waals surface area contributed by atoms with E-state index in [4.69, 9.17) is 4.74 Å². The Morgan fingerprint density at radius 3 is 2.81 bits per heavy atom. The molecule has 4 heteroatoms. The molecule has 114 valence electrons. The van der Waals surface area contributed by atoms with Crippen LogP contribution in [-0.2, 0) is 0 Å². The molecule has 21 heavy (non-hydrogen) atoms. The quantitative estimate of drug-likeness (QED) is 0.904. The van der Waals surface area contributed by atoms with Gasteiger partial charge in [-0.15, -0.1) is 0 Å². The molecular weight excluding hydrogens is 264 g/mol. The SMILES string of the molecule is COc1ccc(C)cc1C(=O)N(CC1CCCN1)C1CC1. The first-order chi connectivity index (χ1) is 10.2. The molecule has 0 aromatic heterocycles. The van der Waals surface area contributed by atoms with Crippen molar-refractivity contribution in [1.82, 2.24) is 10.2 Å². The van der Waals surface area contributed by atoms with Gasteiger partial charge in [0.25, 0.3) is 5.91 Å². The third-order valence-electron chi connectivity index (χ3n) is 4.41. The van der Waals surface area contributed by atoms with Crippen molar-refractivity contribution in [1.29, 1.82) is 0 Å². The molecule has 1 saturated heterocycles. The second-order valence-electron chi connectivity index (χ2n) is 6.19. The second-order valence-corrected chi connectivity index (χ2v) is 6.19. The summed E-state index contributed by atoms with van der Waals surface area (Å²) in [5.74, 6) is 0.794. The normalized spacial score (nSPS) is 21.3. The number of nitrogens with one attached hydrogen (secondary N) is 1. The number of ether oxygens (including phenoxy) is 1. The molecule has 3 rings (SSSR count). The second kappa shape index (κ2) is 6.06. The Morgan fingerprint density at radius 1 is 1.38 bits per heavy atom. The third kappa shape index (κ3) is 3.21. The topological polar surface area (TPSA) is 41.6 Å². The van der Waals surface area contributed by atoms with E-state index in [-0.39, 0.29) is 5.91 Å². The average Bonchev–Trinajstić information content (AvgIpc) is 3.20. The van der Waals surface area contributed by atoms with Crippen LogP contribution in [0.15, 0.2) is 18.2 Å². The van der Waals surface area contributed by atoms with Crippen LogP contribution in [0.1, 0.15) is 41.6 Å². The molecular formula is C17H24N2O2. The van der Waals surface area contributed by atoms with E-state index in [0.717, 1.165) is 31.5 Å². The zero-order valence-corrected chi connectivity index (χ0v) is 12.9. The Labute approximate surface area is 126 Å². The van der Waals surface area contributed by atoms with Gasteiger partial charge in [0.15, 0.2) is 0 Å². The molecule has 1 aliphatic carbocycles. The van der Waals surface area contributed by atoms with Gasteiger partial charge in [-0.1, -0.05) is 11.6 Å². The molecule has 2 fully saturated rings. The summed E-state index contributed by atoms with van der Waals surface area (Å²) >= 11 is 0. The number of benzene rings is 1. The zero-order chi connectivity index (χ0) is 14.8. The van der Waals surface area contributed by atoms with Crippen LogP contribution in [0, 0.1) is 6.92 Å². The number of nitrogens with zero attached hydrogens (tertiary/aromatic N) is 1. The molecule has 0 radical (unpaired) electrons. The lowest BCUT2D eigenvalue weighted by Gasteiger charge is -2.26. The molecule has 1 aromatic rings. The van der Waals surface area contributed by atoms with E-state index >= 15 is 0 Å². The van der Waals surface area contributed by atoms with E-state index in [1.54, 1.807) is 7.11 Å². The lowest BCUT2D eigenvalue weighted by atomic mass is 10.1. The van der Waals surface area contributed by atoms with Gasteiger partial charge in [0.1, 0.15) is 5.75 Å². The van der Waals surface area contributed by atoms with Crippen LogP contribution < -0.4 is 10.1 Å². The first-order valence-electron chi connectivity index (χ1n) is 7.88. The largest absolute Gasteiger partial charge is 0.496 e. The molecule has 0 bridgehead atoms. The Morgan fingerprint density at radius 2 is 2.19 bits per heavy atom. The van der Waals surface area contributed by atoms with Crippen molar-refractivity contribution in [2.45, 2.75) is 44.7 Å². The van der Waals surface area contributed by atoms with Crippen molar-refractivity contribution < 1.29 is 9.53 Å². The van der Waals surface area contributed by atoms with Crippen LogP contribution in [0.5, 0.6) is 5.75 Å². The summed E-state index contributed by atoms with van der Waals surface area (Å²) in [6, 6.07) is 6.69. The van der Waals surface area contributed by atoms with Crippen LogP contribution in [0.2, 0.25) is 0 Å². The maximum Gasteiger partial charge on any atom is 0.257 e. The molecule has 0 spiro atoms. The van der Waals surface area contributed by atoms with E-state index in [0.29, 0.717) is 23.4 Å². The first-order valence-corrected chi connectivity index (χ1v) is 7.88. The lowest BCUT2D eigenvalue weighted by Crippen LogP contribution is -2.42. The van der Waals surface area contributed by atoms with Gasteiger partial charge in [0, 0.05) is 18.6 Å². The number of rotatable bonds is 5. The molecule has 1 unspecified atom stereocenters. The summed E-state index contributed by atoms with van der Waals surface area (Å²) in [6.07, 6.45) is 4.64. The Kier molecular flexibility index (Phi) is 4.15. The summed E-state index contributed by atoms with van der Waals surface area (Å²) in [5.41, 5.74) is 1.79. The minimum absolute atomic E-state index is 0.117. The van der Waals surface area contributed by atoms with Crippen molar-refractivity contribution in [3.63, 3.8) is 0 Å². The van der Waals surface area contributed by atoms with E-state index < -0.39 is 0 Å². The minimum atomic E-state index is 0.117. The number of carbonyl (C=O) groups is 1. The fraction of sp³-hybridized carbons (Fsp3) is 0.588. The highest BCUT2D eigenvalue weighted by molar-refractivity contribution is 5.97. The molecule has 1 amide bonds. The average molecular weight is 288 g/mol. The number of hydrogen-bond acceptors (Lipinski definition) is 3. The molecule has 1 N–H and O–H groups in total. The van der Waals surface area contributed by atoms with E-state index in [1.807, 2.05) is 25.1 Å². The third-order valence-corrected chi connectivity index (χ3v) is 4.41. The predicted octanol–water partition coefficient (Wildman–Crippen LogP) is 2.36. The molecule has 4 nitrogen and oxygen atoms in total. The fourth-order valence-corrected chi connectivity index (χ4v) is 3.08. The van der Waals surface area contributed by atoms with Crippen molar-refractivity contribution in [3.05, 3.63) is 29.3 Å². The highest BCUT2D eigenvalue weighted by Gasteiger charge is 2.35. The smallest absolute Gasteiger partial charge is 0.257 e. The van der Waals surface area contributed by atoms with Crippen molar-refractivity contribution in [3.8, 4) is 5.75 Å². The first kappa shape index (κ1) is 14.4. The van der Waals surface area contributed by atoms with Gasteiger partial charge in [-0.05, 0) is 51.3 Å². The summed E-state index contributed by atoms with van der Waals surface area (Å²) in [4.78, 5) is 15.0. The van der Waals surface area contributed by atoms with E-state index in [2.05, 4.69) is 10.2 Å². The molecule has 1 aromatic carbocycles. The minimum Gasteiger partial charge on any atom is -0.496 e. The van der Waals surface area contributed by atoms with E-state index in [1.165, 1.54) is 12.8 Å². The number of amides is 1.